The summed E-state index contributed by atoms with van der Waals surface area (Å²) in [6.45, 7) is 2.19. The Balaban J connectivity index is 2.10. The molecular weight excluding hydrogens is 280 g/mol. The highest BCUT2D eigenvalue weighted by molar-refractivity contribution is 9.09. The first kappa shape index (κ1) is 14.3. The van der Waals surface area contributed by atoms with Crippen molar-refractivity contribution in [1.82, 2.24) is 4.90 Å². The molecule has 1 heterocycles. The lowest BCUT2D eigenvalue weighted by atomic mass is 10.1. The van der Waals surface area contributed by atoms with Gasteiger partial charge in [0.2, 0.25) is 0 Å². The smallest absolute Gasteiger partial charge is 0.251 e. The number of nitrogens with zero attached hydrogens (tertiary/aromatic N) is 1. The summed E-state index contributed by atoms with van der Waals surface area (Å²) in [5.41, 5.74) is 0. The van der Waals surface area contributed by atoms with Crippen LogP contribution in [0.15, 0.2) is 0 Å². The fraction of sp³-hybridized carbons (Fsp3) is 1.00. The number of hydrogen-bond donors (Lipinski definition) is 0. The molecule has 2 nitrogen and oxygen atoms in total. The molecule has 0 amide bonds. The van der Waals surface area contributed by atoms with E-state index >= 15 is 0 Å². The van der Waals surface area contributed by atoms with Crippen LogP contribution in [0.25, 0.3) is 0 Å². The number of hydrogen-bond acceptors (Lipinski definition) is 2. The van der Waals surface area contributed by atoms with Gasteiger partial charge < -0.3 is 4.74 Å². The Kier molecular flexibility index (Phi) is 7.49. The third kappa shape index (κ3) is 6.11. The van der Waals surface area contributed by atoms with E-state index in [1.807, 2.05) is 4.90 Å². The van der Waals surface area contributed by atoms with E-state index in [2.05, 4.69) is 15.9 Å². The maximum atomic E-state index is 12.3. The van der Waals surface area contributed by atoms with E-state index in [0.717, 1.165) is 44.2 Å². The molecule has 1 atom stereocenters. The minimum atomic E-state index is -2.23. The monoisotopic (exact) mass is 299 g/mol. The Morgan fingerprint density at radius 1 is 1.38 bits per heavy atom. The molecule has 0 aromatic rings. The highest BCUT2D eigenvalue weighted by atomic mass is 79.9. The van der Waals surface area contributed by atoms with Gasteiger partial charge in [0.25, 0.3) is 6.43 Å². The van der Waals surface area contributed by atoms with Crippen molar-refractivity contribution in [3.05, 3.63) is 0 Å². The van der Waals surface area contributed by atoms with E-state index < -0.39 is 6.43 Å². The van der Waals surface area contributed by atoms with Gasteiger partial charge in [-0.25, -0.2) is 8.78 Å². The van der Waals surface area contributed by atoms with E-state index in [4.69, 9.17) is 4.74 Å². The second-order valence-corrected chi connectivity index (χ2v) is 4.95. The van der Waals surface area contributed by atoms with Gasteiger partial charge in [0.15, 0.2) is 0 Å². The van der Waals surface area contributed by atoms with Crippen LogP contribution in [0, 0.1) is 0 Å². The Morgan fingerprint density at radius 3 is 2.75 bits per heavy atom. The third-order valence-corrected chi connectivity index (χ3v) is 3.18. The van der Waals surface area contributed by atoms with Crippen molar-refractivity contribution in [3.63, 3.8) is 0 Å². The van der Waals surface area contributed by atoms with Crippen LogP contribution >= 0.6 is 15.9 Å². The molecule has 1 unspecified atom stereocenters. The molecule has 1 fully saturated rings. The van der Waals surface area contributed by atoms with Crippen LogP contribution in [0.1, 0.15) is 25.7 Å². The lowest BCUT2D eigenvalue weighted by Crippen LogP contribution is -2.32. The lowest BCUT2D eigenvalue weighted by molar-refractivity contribution is 0.0798. The van der Waals surface area contributed by atoms with E-state index in [0.29, 0.717) is 12.6 Å². The zero-order valence-corrected chi connectivity index (χ0v) is 11.1. The Bertz CT molecular complexity index is 177. The van der Waals surface area contributed by atoms with Crippen molar-refractivity contribution in [2.75, 3.05) is 31.6 Å². The number of ether oxygens (including phenoxy) is 1. The van der Waals surface area contributed by atoms with Gasteiger partial charge >= 0.3 is 0 Å². The van der Waals surface area contributed by atoms with Crippen molar-refractivity contribution >= 4 is 15.9 Å². The summed E-state index contributed by atoms with van der Waals surface area (Å²) < 4.78 is 30.0. The standard InChI is InChI=1S/C11H20BrF2NO/c12-5-7-15(9-11(13)14)6-1-3-10-4-2-8-16-10/h10-11H,1-9H2. The van der Waals surface area contributed by atoms with Crippen molar-refractivity contribution < 1.29 is 13.5 Å². The van der Waals surface area contributed by atoms with Crippen LogP contribution in [-0.2, 0) is 4.74 Å². The summed E-state index contributed by atoms with van der Waals surface area (Å²) >= 11 is 3.29. The Morgan fingerprint density at radius 2 is 2.19 bits per heavy atom. The highest BCUT2D eigenvalue weighted by Gasteiger charge is 2.16. The van der Waals surface area contributed by atoms with Gasteiger partial charge in [-0.1, -0.05) is 15.9 Å². The minimum Gasteiger partial charge on any atom is -0.378 e. The first-order valence-corrected chi connectivity index (χ1v) is 7.02. The average Bonchev–Trinajstić information content (AvgIpc) is 2.70. The van der Waals surface area contributed by atoms with Gasteiger partial charge in [-0.15, -0.1) is 0 Å². The third-order valence-electron chi connectivity index (χ3n) is 2.82. The molecule has 0 spiro atoms. The van der Waals surface area contributed by atoms with Gasteiger partial charge in [-0.05, 0) is 32.2 Å². The molecule has 16 heavy (non-hydrogen) atoms. The maximum absolute atomic E-state index is 12.3. The van der Waals surface area contributed by atoms with E-state index in [9.17, 15) is 8.78 Å². The molecule has 0 aliphatic carbocycles. The van der Waals surface area contributed by atoms with Crippen LogP contribution in [0.5, 0.6) is 0 Å². The van der Waals surface area contributed by atoms with Gasteiger partial charge in [0.05, 0.1) is 12.6 Å². The van der Waals surface area contributed by atoms with Crippen LogP contribution in [-0.4, -0.2) is 49.0 Å². The Labute approximate surface area is 104 Å². The normalized spacial score (nSPS) is 21.2. The second kappa shape index (κ2) is 8.37. The van der Waals surface area contributed by atoms with Crippen LogP contribution in [0.3, 0.4) is 0 Å². The molecular formula is C11H20BrF2NO. The van der Waals surface area contributed by atoms with Crippen molar-refractivity contribution in [2.24, 2.45) is 0 Å². The first-order valence-electron chi connectivity index (χ1n) is 5.90. The predicted molar refractivity (Wildman–Crippen MR) is 64.4 cm³/mol. The Hall–Kier alpha value is 0.260. The van der Waals surface area contributed by atoms with Gasteiger partial charge in [0, 0.05) is 18.5 Å². The molecule has 1 aliphatic rings. The molecule has 0 saturated carbocycles. The minimum absolute atomic E-state index is 0.114. The molecule has 1 saturated heterocycles. The fourth-order valence-electron chi connectivity index (χ4n) is 2.02. The van der Waals surface area contributed by atoms with Gasteiger partial charge in [0.1, 0.15) is 0 Å². The molecule has 0 N–H and O–H groups in total. The second-order valence-electron chi connectivity index (χ2n) is 4.16. The molecule has 0 aromatic heterocycles. The molecule has 0 radical (unpaired) electrons. The summed E-state index contributed by atoms with van der Waals surface area (Å²) in [7, 11) is 0. The van der Waals surface area contributed by atoms with Crippen LogP contribution < -0.4 is 0 Å². The van der Waals surface area contributed by atoms with E-state index in [1.54, 1.807) is 0 Å². The SMILES string of the molecule is FC(F)CN(CCBr)CCCC1CCCO1. The summed E-state index contributed by atoms with van der Waals surface area (Å²) in [5, 5.41) is 0.750. The van der Waals surface area contributed by atoms with Crippen molar-refractivity contribution in [2.45, 2.75) is 38.2 Å². The molecule has 1 rings (SSSR count). The molecule has 0 bridgehead atoms. The lowest BCUT2D eigenvalue weighted by Gasteiger charge is -2.21. The quantitative estimate of drug-likeness (QED) is 0.639. The molecule has 1 aliphatic heterocycles. The zero-order chi connectivity index (χ0) is 11.8. The summed E-state index contributed by atoms with van der Waals surface area (Å²) in [6, 6.07) is 0. The summed E-state index contributed by atoms with van der Waals surface area (Å²) in [6.07, 6.45) is 2.37. The summed E-state index contributed by atoms with van der Waals surface area (Å²) in [4.78, 5) is 1.81. The van der Waals surface area contributed by atoms with Crippen molar-refractivity contribution in [1.29, 1.82) is 0 Å². The number of rotatable bonds is 8. The van der Waals surface area contributed by atoms with E-state index in [-0.39, 0.29) is 6.54 Å². The number of alkyl halides is 3. The van der Waals surface area contributed by atoms with Gasteiger partial charge in [-0.2, -0.15) is 0 Å². The van der Waals surface area contributed by atoms with E-state index in [1.165, 1.54) is 0 Å². The maximum Gasteiger partial charge on any atom is 0.251 e. The molecule has 96 valence electrons. The largest absolute Gasteiger partial charge is 0.378 e. The predicted octanol–water partition coefficient (Wildman–Crippen LogP) is 2.91. The highest BCUT2D eigenvalue weighted by Crippen LogP contribution is 2.17. The van der Waals surface area contributed by atoms with Crippen molar-refractivity contribution in [3.8, 4) is 0 Å². The van der Waals surface area contributed by atoms with Gasteiger partial charge in [-0.3, -0.25) is 4.90 Å². The topological polar surface area (TPSA) is 12.5 Å². The number of halogens is 3. The van der Waals surface area contributed by atoms with Crippen LogP contribution in [0.2, 0.25) is 0 Å². The first-order chi connectivity index (χ1) is 7.72. The fourth-order valence-corrected chi connectivity index (χ4v) is 2.53. The van der Waals surface area contributed by atoms with Crippen LogP contribution in [0.4, 0.5) is 8.78 Å². The zero-order valence-electron chi connectivity index (χ0n) is 9.51. The summed E-state index contributed by atoms with van der Waals surface area (Å²) in [5.74, 6) is 0. The molecule has 0 aromatic carbocycles. The molecule has 5 heteroatoms. The average molecular weight is 300 g/mol.